The molecular weight excluding hydrogens is 1030 g/mol. The summed E-state index contributed by atoms with van der Waals surface area (Å²) in [4.78, 5) is 53.5. The number of hydrogen-bond acceptors (Lipinski definition) is 13. The minimum atomic E-state index is -1.05. The first-order valence-corrected chi connectivity index (χ1v) is 21.9. The van der Waals surface area contributed by atoms with Crippen molar-refractivity contribution in [2.24, 2.45) is 9.98 Å². The largest absolute Gasteiger partial charge is 0.475 e. The van der Waals surface area contributed by atoms with E-state index in [9.17, 15) is 9.59 Å². The standard InChI is InChI=1S/C13H8ClN5S.C12H9ClN4.C10H8BrNO.C9H5BrO3.3CH4/c14-13-18-11-10(20-6-16-11)12(19-13)17-9-2-1-7-4-15-5-8(7)3-9;13-12-15-4-3-11(17-12)16-10-2-1-8-6-14-7-9(8)5-10;1-6(13)9-4-7-2-3-8(11)5-10(7)12-9;10-6-2-1-5-3-8(9(11)12)13-7(5)4-6;;;/h1-3,5-6H,4H2,(H,17,18,19);1-5,7H,6H2,(H,15,16,17);2-5,12H,1H3;1-4H,(H,11,12);3*1H4. The number of H-pyrrole nitrogens is 1. The van der Waals surface area contributed by atoms with Gasteiger partial charge in [-0.15, -0.1) is 11.3 Å². The number of aromatic amines is 1. The number of halogens is 4. The molecule has 4 N–H and O–H groups in total. The smallest absolute Gasteiger partial charge is 0.371 e. The molecule has 0 saturated carbocycles. The van der Waals surface area contributed by atoms with E-state index < -0.39 is 5.97 Å². The summed E-state index contributed by atoms with van der Waals surface area (Å²) >= 11 is 19.8. The molecule has 0 amide bonds. The molecule has 0 radical (unpaired) electrons. The number of carbonyl (C=O) groups is 2. The molecule has 0 bridgehead atoms. The topological polar surface area (TPSA) is 197 Å². The van der Waals surface area contributed by atoms with Gasteiger partial charge in [0, 0.05) is 62.2 Å². The Morgan fingerprint density at radius 3 is 2.05 bits per heavy atom. The number of aromatic nitrogens is 6. The van der Waals surface area contributed by atoms with Crippen LogP contribution in [0.4, 0.5) is 23.0 Å². The van der Waals surface area contributed by atoms with Gasteiger partial charge in [-0.25, -0.2) is 19.7 Å². The number of nitrogens with one attached hydrogen (secondary N) is 3. The summed E-state index contributed by atoms with van der Waals surface area (Å²) in [6, 6.07) is 28.6. The van der Waals surface area contributed by atoms with Gasteiger partial charge in [-0.05, 0) is 118 Å². The number of anilines is 4. The number of thiazole rings is 1. The number of carboxylic acid groups (broad SMARTS) is 1. The van der Waals surface area contributed by atoms with E-state index in [2.05, 4.69) is 101 Å². The number of benzene rings is 4. The molecule has 338 valence electrons. The molecule has 2 aliphatic rings. The van der Waals surface area contributed by atoms with Gasteiger partial charge in [-0.2, -0.15) is 9.97 Å². The Morgan fingerprint density at radius 2 is 1.39 bits per heavy atom. The van der Waals surface area contributed by atoms with E-state index in [0.717, 1.165) is 65.5 Å². The normalized spacial score (nSPS) is 11.3. The lowest BCUT2D eigenvalue weighted by Gasteiger charge is -2.07. The Balaban J connectivity index is 0.000000165. The second-order valence-corrected chi connectivity index (χ2v) is 17.0. The van der Waals surface area contributed by atoms with E-state index in [1.165, 1.54) is 28.5 Å². The highest BCUT2D eigenvalue weighted by molar-refractivity contribution is 9.10. The van der Waals surface area contributed by atoms with Crippen molar-refractivity contribution in [1.29, 1.82) is 0 Å². The lowest BCUT2D eigenvalue weighted by atomic mass is 10.1. The van der Waals surface area contributed by atoms with Crippen molar-refractivity contribution in [3.63, 3.8) is 0 Å². The maximum Gasteiger partial charge on any atom is 0.371 e. The van der Waals surface area contributed by atoms with Crippen LogP contribution in [0.5, 0.6) is 0 Å². The van der Waals surface area contributed by atoms with E-state index in [4.69, 9.17) is 32.7 Å². The molecule has 5 aromatic heterocycles. The van der Waals surface area contributed by atoms with Crippen molar-refractivity contribution >= 4 is 146 Å². The van der Waals surface area contributed by atoms with Gasteiger partial charge in [0.15, 0.2) is 17.2 Å². The molecule has 0 unspecified atom stereocenters. The quantitative estimate of drug-likeness (QED) is 0.0913. The van der Waals surface area contributed by atoms with Crippen molar-refractivity contribution in [3.8, 4) is 0 Å². The van der Waals surface area contributed by atoms with Crippen LogP contribution in [0.1, 0.15) is 72.5 Å². The number of carbonyl (C=O) groups excluding carboxylic acids is 1. The van der Waals surface area contributed by atoms with E-state index >= 15 is 0 Å². The van der Waals surface area contributed by atoms with Gasteiger partial charge in [0.1, 0.15) is 16.1 Å². The summed E-state index contributed by atoms with van der Waals surface area (Å²) in [7, 11) is 0. The Kier molecular flexibility index (Phi) is 17.4. The fourth-order valence-electron chi connectivity index (χ4n) is 6.27. The van der Waals surface area contributed by atoms with Crippen LogP contribution >= 0.6 is 66.4 Å². The van der Waals surface area contributed by atoms with Crippen LogP contribution in [0.15, 0.2) is 126 Å². The third kappa shape index (κ3) is 12.5. The number of aromatic carboxylic acids is 1. The first kappa shape index (κ1) is 50.6. The van der Waals surface area contributed by atoms with E-state index in [-0.39, 0.29) is 44.4 Å². The number of aliphatic imine (C=N–C) groups is 2. The highest BCUT2D eigenvalue weighted by atomic mass is 79.9. The molecule has 0 spiro atoms. The van der Waals surface area contributed by atoms with Crippen LogP contribution in [0.25, 0.3) is 32.2 Å². The van der Waals surface area contributed by atoms with Gasteiger partial charge in [-0.3, -0.25) is 14.8 Å². The lowest BCUT2D eigenvalue weighted by Crippen LogP contribution is -1.97. The van der Waals surface area contributed by atoms with Crippen LogP contribution < -0.4 is 10.6 Å². The highest BCUT2D eigenvalue weighted by Crippen LogP contribution is 2.30. The summed E-state index contributed by atoms with van der Waals surface area (Å²) < 4.78 is 7.85. The monoisotopic (exact) mass is 1070 g/mol. The maximum atomic E-state index is 11.1. The zero-order valence-electron chi connectivity index (χ0n) is 32.6. The number of Topliss-reactive ketones (excluding diaryl/α,β-unsaturated/α-hetero) is 1. The molecule has 0 saturated heterocycles. The molecule has 11 rings (SSSR count). The third-order valence-electron chi connectivity index (χ3n) is 9.26. The summed E-state index contributed by atoms with van der Waals surface area (Å²) in [6.07, 6.45) is 5.38. The molecule has 66 heavy (non-hydrogen) atoms. The van der Waals surface area contributed by atoms with Crippen molar-refractivity contribution in [1.82, 2.24) is 29.9 Å². The number of ketones is 1. The summed E-state index contributed by atoms with van der Waals surface area (Å²) in [5, 5.41) is 17.4. The average Bonchev–Trinajstić information content (AvgIpc) is 4.11. The number of furan rings is 1. The Hall–Kier alpha value is -6.37. The molecule has 0 atom stereocenters. The third-order valence-corrected chi connectivity index (χ3v) is 11.4. The molecule has 14 nitrogen and oxygen atoms in total. The Bertz CT molecular complexity index is 3160. The van der Waals surface area contributed by atoms with Crippen LogP contribution in [0.2, 0.25) is 10.6 Å². The minimum Gasteiger partial charge on any atom is -0.475 e. The maximum absolute atomic E-state index is 11.1. The van der Waals surface area contributed by atoms with Gasteiger partial charge >= 0.3 is 5.97 Å². The van der Waals surface area contributed by atoms with Crippen LogP contribution in [0, 0.1) is 0 Å². The van der Waals surface area contributed by atoms with Crippen molar-refractivity contribution in [3.05, 3.63) is 156 Å². The molecule has 9 aromatic rings. The van der Waals surface area contributed by atoms with Crippen molar-refractivity contribution in [2.75, 3.05) is 10.6 Å². The van der Waals surface area contributed by atoms with E-state index in [1.54, 1.807) is 36.8 Å². The van der Waals surface area contributed by atoms with Crippen LogP contribution in [-0.2, 0) is 13.1 Å². The van der Waals surface area contributed by atoms with E-state index in [0.29, 0.717) is 28.6 Å². The van der Waals surface area contributed by atoms with Gasteiger partial charge in [0.05, 0.1) is 24.3 Å². The van der Waals surface area contributed by atoms with Crippen LogP contribution in [0.3, 0.4) is 0 Å². The summed E-state index contributed by atoms with van der Waals surface area (Å²) in [5.41, 5.74) is 11.2. The molecule has 2 aliphatic heterocycles. The fraction of sp³-hybridized carbons (Fsp3) is 0.128. The highest BCUT2D eigenvalue weighted by Gasteiger charge is 2.13. The van der Waals surface area contributed by atoms with E-state index in [1.807, 2.05) is 61.0 Å². The second kappa shape index (κ2) is 22.7. The lowest BCUT2D eigenvalue weighted by molar-refractivity contribution is 0.0664. The van der Waals surface area contributed by atoms with Crippen molar-refractivity contribution < 1.29 is 19.1 Å². The predicted molar refractivity (Wildman–Crippen MR) is 276 cm³/mol. The number of nitrogens with zero attached hydrogens (tertiary/aromatic N) is 7. The van der Waals surface area contributed by atoms with Crippen molar-refractivity contribution in [2.45, 2.75) is 42.3 Å². The average molecular weight is 1070 g/mol. The molecule has 0 aliphatic carbocycles. The number of hydrogen-bond donors (Lipinski definition) is 4. The summed E-state index contributed by atoms with van der Waals surface area (Å²) in [5.74, 6) is 0.338. The first-order valence-electron chi connectivity index (χ1n) is 18.7. The van der Waals surface area contributed by atoms with Gasteiger partial charge in [0.2, 0.25) is 16.3 Å². The number of fused-ring (bicyclic) bond motifs is 5. The van der Waals surface area contributed by atoms with Gasteiger partial charge in [-0.1, -0.05) is 72.3 Å². The molecule has 19 heteroatoms. The first-order chi connectivity index (χ1) is 30.4. The molecule has 7 heterocycles. The SMILES string of the molecule is C.C.C.CC(=O)c1cc2ccc(Br)cc2[nH]1.Clc1nc(Nc2ccc3c(c2)C=NC3)c2scnc2n1.Clc1nccc(Nc2ccc3c(c2)C=NC3)n1.O=C(O)c1cc2ccc(Br)cc2o1. The number of carboxylic acids is 1. The molecular formula is C47H42Br2Cl2N10O4S. The zero-order chi connectivity index (χ0) is 44.0. The fourth-order valence-corrected chi connectivity index (χ4v) is 7.95. The van der Waals surface area contributed by atoms with Gasteiger partial charge in [0.25, 0.3) is 0 Å². The Morgan fingerprint density at radius 1 is 0.742 bits per heavy atom. The summed E-state index contributed by atoms with van der Waals surface area (Å²) in [6.45, 7) is 3.09. The second-order valence-electron chi connectivity index (χ2n) is 13.6. The molecule has 4 aromatic carbocycles. The zero-order valence-corrected chi connectivity index (χ0v) is 38.1. The predicted octanol–water partition coefficient (Wildman–Crippen LogP) is 14.2. The Labute approximate surface area is 411 Å². The van der Waals surface area contributed by atoms with Gasteiger partial charge < -0.3 is 25.1 Å². The number of rotatable bonds is 6. The van der Waals surface area contributed by atoms with Crippen LogP contribution in [-0.4, -0.2) is 59.2 Å². The molecule has 0 fully saturated rings. The minimum absolute atomic E-state index is 0.